The van der Waals surface area contributed by atoms with Crippen LogP contribution in [0.3, 0.4) is 0 Å². The lowest BCUT2D eigenvalue weighted by atomic mass is 9.82. The van der Waals surface area contributed by atoms with E-state index in [1.807, 2.05) is 0 Å². The zero-order valence-corrected chi connectivity index (χ0v) is 40.8. The average Bonchev–Trinajstić information content (AvgIpc) is 4.13. The molecule has 12 aromatic rings. The minimum atomic E-state index is -0.320. The molecule has 0 radical (unpaired) electrons. The van der Waals surface area contributed by atoms with Gasteiger partial charge in [-0.3, -0.25) is 0 Å². The quantitative estimate of drug-likeness (QED) is 0.137. The molecule has 0 fully saturated rings. The molecule has 0 N–H and O–H groups in total. The standard InChI is InChI=1S/C65H46N4S2/c1-65(2)55-41-49(68(59-25-13-9-21-51(59)43-17-5-3-6-18-43)47-33-29-45(30-34-47)63-66-57-23-11-15-27-61(57)70-63)37-39-53(55)54-40-38-50(42-56(54)65)69(60-26-14-10-22-52(60)44-19-7-4-8-20-44)48-35-31-46(32-36-48)64-67-58-24-12-16-28-62(58)71-64/h3-42H,1-2H3. The van der Waals surface area contributed by atoms with E-state index in [1.54, 1.807) is 22.7 Å². The second-order valence-corrected chi connectivity index (χ2v) is 20.7. The van der Waals surface area contributed by atoms with Crippen LogP contribution in [0.2, 0.25) is 0 Å². The molecule has 10 aromatic carbocycles. The van der Waals surface area contributed by atoms with Crippen LogP contribution in [-0.4, -0.2) is 9.97 Å². The lowest BCUT2D eigenvalue weighted by Crippen LogP contribution is -2.18. The van der Waals surface area contributed by atoms with Gasteiger partial charge in [0, 0.05) is 50.4 Å². The van der Waals surface area contributed by atoms with Crippen molar-refractivity contribution in [1.82, 2.24) is 9.97 Å². The van der Waals surface area contributed by atoms with E-state index in [9.17, 15) is 0 Å². The Morgan fingerprint density at radius 2 is 0.690 bits per heavy atom. The van der Waals surface area contributed by atoms with Gasteiger partial charge in [-0.05, 0) is 143 Å². The number of anilines is 6. The Morgan fingerprint density at radius 3 is 1.11 bits per heavy atom. The highest BCUT2D eigenvalue weighted by Crippen LogP contribution is 2.54. The van der Waals surface area contributed by atoms with Crippen LogP contribution in [0.5, 0.6) is 0 Å². The molecule has 0 unspecified atom stereocenters. The van der Waals surface area contributed by atoms with Crippen molar-refractivity contribution in [3.8, 4) is 54.5 Å². The molecule has 2 heterocycles. The van der Waals surface area contributed by atoms with Gasteiger partial charge in [0.25, 0.3) is 0 Å². The molecule has 1 aliphatic carbocycles. The summed E-state index contributed by atoms with van der Waals surface area (Å²) in [5, 5.41) is 2.04. The van der Waals surface area contributed by atoms with Crippen LogP contribution >= 0.6 is 22.7 Å². The number of para-hydroxylation sites is 4. The van der Waals surface area contributed by atoms with Gasteiger partial charge in [-0.15, -0.1) is 22.7 Å². The van der Waals surface area contributed by atoms with Crippen LogP contribution in [0.4, 0.5) is 34.1 Å². The van der Waals surface area contributed by atoms with Crippen molar-refractivity contribution >= 4 is 77.2 Å². The van der Waals surface area contributed by atoms with Gasteiger partial charge in [0.2, 0.25) is 0 Å². The molecule has 0 amide bonds. The van der Waals surface area contributed by atoms with E-state index in [0.29, 0.717) is 0 Å². The molecule has 0 spiro atoms. The average molecular weight is 947 g/mol. The molecular formula is C65H46N4S2. The van der Waals surface area contributed by atoms with Gasteiger partial charge < -0.3 is 9.80 Å². The van der Waals surface area contributed by atoms with Crippen molar-refractivity contribution in [3.63, 3.8) is 0 Å². The van der Waals surface area contributed by atoms with Gasteiger partial charge >= 0.3 is 0 Å². The van der Waals surface area contributed by atoms with Gasteiger partial charge in [0.15, 0.2) is 0 Å². The van der Waals surface area contributed by atoms with Crippen molar-refractivity contribution in [2.75, 3.05) is 9.80 Å². The zero-order chi connectivity index (χ0) is 47.5. The second-order valence-electron chi connectivity index (χ2n) is 18.6. The monoisotopic (exact) mass is 946 g/mol. The molecule has 0 bridgehead atoms. The maximum Gasteiger partial charge on any atom is 0.124 e. The summed E-state index contributed by atoms with van der Waals surface area (Å²) in [4.78, 5) is 14.8. The number of aromatic nitrogens is 2. The third-order valence-electron chi connectivity index (χ3n) is 14.0. The topological polar surface area (TPSA) is 32.3 Å². The Hall–Kier alpha value is -8.42. The Balaban J connectivity index is 0.917. The molecule has 13 rings (SSSR count). The van der Waals surface area contributed by atoms with Crippen LogP contribution in [0.25, 0.3) is 75.0 Å². The third kappa shape index (κ3) is 7.60. The van der Waals surface area contributed by atoms with Gasteiger partial charge in [0.1, 0.15) is 10.0 Å². The fourth-order valence-electron chi connectivity index (χ4n) is 10.4. The number of nitrogens with zero attached hydrogens (tertiary/aromatic N) is 4. The van der Waals surface area contributed by atoms with Crippen LogP contribution in [-0.2, 0) is 5.41 Å². The number of benzene rings is 10. The number of fused-ring (bicyclic) bond motifs is 5. The Kier molecular flexibility index (Phi) is 10.5. The van der Waals surface area contributed by atoms with E-state index in [-0.39, 0.29) is 5.41 Å². The Morgan fingerprint density at radius 1 is 0.324 bits per heavy atom. The lowest BCUT2D eigenvalue weighted by molar-refractivity contribution is 0.660. The van der Waals surface area contributed by atoms with Crippen molar-refractivity contribution in [3.05, 3.63) is 254 Å². The molecule has 71 heavy (non-hydrogen) atoms. The van der Waals surface area contributed by atoms with Gasteiger partial charge in [-0.1, -0.05) is 147 Å². The summed E-state index contributed by atoms with van der Waals surface area (Å²) >= 11 is 3.47. The summed E-state index contributed by atoms with van der Waals surface area (Å²) in [6, 6.07) is 87.7. The molecule has 6 heteroatoms. The predicted octanol–water partition coefficient (Wildman–Crippen LogP) is 18.8. The maximum atomic E-state index is 4.99. The molecule has 0 atom stereocenters. The highest BCUT2D eigenvalue weighted by Gasteiger charge is 2.37. The minimum absolute atomic E-state index is 0.320. The molecule has 4 nitrogen and oxygen atoms in total. The predicted molar refractivity (Wildman–Crippen MR) is 301 cm³/mol. The van der Waals surface area contributed by atoms with E-state index in [2.05, 4.69) is 266 Å². The van der Waals surface area contributed by atoms with Gasteiger partial charge in [-0.2, -0.15) is 0 Å². The molecule has 1 aliphatic rings. The molecule has 338 valence electrons. The molecule has 0 saturated carbocycles. The van der Waals surface area contributed by atoms with E-state index in [1.165, 1.54) is 53.9 Å². The van der Waals surface area contributed by atoms with E-state index >= 15 is 0 Å². The number of hydrogen-bond acceptors (Lipinski definition) is 6. The first-order chi connectivity index (χ1) is 34.9. The SMILES string of the molecule is CC1(C)c2cc(N(c3ccc(-c4nc5ccccc5s4)cc3)c3ccccc3-c3ccccc3)ccc2-c2ccc(N(c3ccc(-c4nc5ccccc5s4)cc3)c3ccccc3-c3ccccc3)cc21. The van der Waals surface area contributed by atoms with Crippen LogP contribution in [0.1, 0.15) is 25.0 Å². The number of hydrogen-bond donors (Lipinski definition) is 0. The highest BCUT2D eigenvalue weighted by atomic mass is 32.1. The normalized spacial score (nSPS) is 12.5. The van der Waals surface area contributed by atoms with Crippen LogP contribution in [0.15, 0.2) is 243 Å². The fourth-order valence-corrected chi connectivity index (χ4v) is 12.3. The van der Waals surface area contributed by atoms with Crippen molar-refractivity contribution in [1.29, 1.82) is 0 Å². The third-order valence-corrected chi connectivity index (χ3v) is 16.1. The van der Waals surface area contributed by atoms with Crippen molar-refractivity contribution in [2.45, 2.75) is 19.3 Å². The van der Waals surface area contributed by atoms with Crippen molar-refractivity contribution in [2.24, 2.45) is 0 Å². The van der Waals surface area contributed by atoms with E-state index in [4.69, 9.17) is 9.97 Å². The first kappa shape index (κ1) is 42.7. The van der Waals surface area contributed by atoms with E-state index in [0.717, 1.165) is 66.3 Å². The van der Waals surface area contributed by atoms with Gasteiger partial charge in [-0.25, -0.2) is 9.97 Å². The molecule has 0 saturated heterocycles. The minimum Gasteiger partial charge on any atom is -0.310 e. The first-order valence-corrected chi connectivity index (χ1v) is 25.7. The molecule has 0 aliphatic heterocycles. The fraction of sp³-hybridized carbons (Fsp3) is 0.0462. The second kappa shape index (κ2) is 17.5. The van der Waals surface area contributed by atoms with Crippen LogP contribution < -0.4 is 9.80 Å². The summed E-state index contributed by atoms with van der Waals surface area (Å²) in [5.41, 5.74) is 20.4. The Labute approximate surface area is 422 Å². The van der Waals surface area contributed by atoms with Crippen LogP contribution in [0, 0.1) is 0 Å². The maximum absolute atomic E-state index is 4.99. The number of thiazole rings is 2. The summed E-state index contributed by atoms with van der Waals surface area (Å²) < 4.78 is 2.39. The number of rotatable bonds is 10. The first-order valence-electron chi connectivity index (χ1n) is 24.1. The van der Waals surface area contributed by atoms with Crippen molar-refractivity contribution < 1.29 is 0 Å². The summed E-state index contributed by atoms with van der Waals surface area (Å²) in [7, 11) is 0. The zero-order valence-electron chi connectivity index (χ0n) is 39.2. The smallest absolute Gasteiger partial charge is 0.124 e. The van der Waals surface area contributed by atoms with E-state index < -0.39 is 0 Å². The highest BCUT2D eigenvalue weighted by molar-refractivity contribution is 7.22. The Bertz CT molecular complexity index is 3590. The summed E-state index contributed by atoms with van der Waals surface area (Å²) in [6.45, 7) is 4.77. The summed E-state index contributed by atoms with van der Waals surface area (Å²) in [6.07, 6.45) is 0. The molecule has 2 aromatic heterocycles. The summed E-state index contributed by atoms with van der Waals surface area (Å²) in [5.74, 6) is 0. The largest absolute Gasteiger partial charge is 0.310 e. The lowest BCUT2D eigenvalue weighted by Gasteiger charge is -2.30. The van der Waals surface area contributed by atoms with Gasteiger partial charge in [0.05, 0.1) is 31.8 Å². The molecular weight excluding hydrogens is 901 g/mol.